The van der Waals surface area contributed by atoms with E-state index in [9.17, 15) is 4.79 Å². The Hall–Kier alpha value is -0.790. The van der Waals surface area contributed by atoms with Crippen molar-refractivity contribution >= 4 is 5.97 Å². The van der Waals surface area contributed by atoms with Crippen LogP contribution in [-0.4, -0.2) is 11.1 Å². The molecule has 0 radical (unpaired) electrons. The predicted octanol–water partition coefficient (Wildman–Crippen LogP) is 3.09. The molecule has 2 heteroatoms. The molecule has 0 aromatic heterocycles. The highest BCUT2D eigenvalue weighted by atomic mass is 16.4. The maximum Gasteiger partial charge on any atom is 0.331 e. The second-order valence-corrected chi connectivity index (χ2v) is 4.26. The lowest BCUT2D eigenvalue weighted by atomic mass is 10.00. The molecule has 13 heavy (non-hydrogen) atoms. The highest BCUT2D eigenvalue weighted by molar-refractivity contribution is 5.86. The number of aliphatic carboxylic acids is 1. The Bertz CT molecular complexity index is 190. The summed E-state index contributed by atoms with van der Waals surface area (Å²) in [5.41, 5.74) is 0.559. The van der Waals surface area contributed by atoms with Crippen molar-refractivity contribution in [3.05, 3.63) is 11.6 Å². The molecule has 0 unspecified atom stereocenters. The van der Waals surface area contributed by atoms with Crippen molar-refractivity contribution < 1.29 is 9.90 Å². The molecule has 0 aliphatic carbocycles. The molecular formula is C11H20O2. The van der Waals surface area contributed by atoms with Crippen LogP contribution in [0.3, 0.4) is 0 Å². The van der Waals surface area contributed by atoms with Gasteiger partial charge in [0.15, 0.2) is 0 Å². The minimum absolute atomic E-state index is 0.412. The fourth-order valence-electron chi connectivity index (χ4n) is 1.08. The van der Waals surface area contributed by atoms with Gasteiger partial charge in [-0.25, -0.2) is 4.79 Å². The summed E-state index contributed by atoms with van der Waals surface area (Å²) in [5.74, 6) is 0.172. The van der Waals surface area contributed by atoms with Crippen LogP contribution in [0.5, 0.6) is 0 Å². The molecule has 0 bridgehead atoms. The van der Waals surface area contributed by atoms with Gasteiger partial charge in [-0.3, -0.25) is 0 Å². The molecule has 0 aliphatic rings. The van der Waals surface area contributed by atoms with Gasteiger partial charge in [-0.15, -0.1) is 0 Å². The van der Waals surface area contributed by atoms with E-state index in [1.165, 1.54) is 0 Å². The number of carbonyl (C=O) groups is 1. The van der Waals surface area contributed by atoms with Crippen LogP contribution >= 0.6 is 0 Å². The van der Waals surface area contributed by atoms with Crippen LogP contribution in [0.1, 0.15) is 40.5 Å². The van der Waals surface area contributed by atoms with E-state index in [2.05, 4.69) is 13.8 Å². The van der Waals surface area contributed by atoms with Gasteiger partial charge < -0.3 is 5.11 Å². The van der Waals surface area contributed by atoms with Gasteiger partial charge in [-0.1, -0.05) is 33.8 Å². The summed E-state index contributed by atoms with van der Waals surface area (Å²) in [6.45, 7) is 8.25. The molecular weight excluding hydrogens is 164 g/mol. The van der Waals surface area contributed by atoms with Crippen molar-refractivity contribution in [3.8, 4) is 0 Å². The second kappa shape index (κ2) is 5.79. The van der Waals surface area contributed by atoms with Crippen LogP contribution in [0.4, 0.5) is 0 Å². The van der Waals surface area contributed by atoms with Gasteiger partial charge in [-0.2, -0.15) is 0 Å². The average molecular weight is 184 g/mol. The van der Waals surface area contributed by atoms with Gasteiger partial charge >= 0.3 is 5.97 Å². The first-order chi connectivity index (χ1) is 5.93. The van der Waals surface area contributed by atoms with Gasteiger partial charge in [0.25, 0.3) is 0 Å². The molecule has 0 aromatic rings. The quantitative estimate of drug-likeness (QED) is 0.667. The van der Waals surface area contributed by atoms with Crippen molar-refractivity contribution in [2.45, 2.75) is 40.5 Å². The van der Waals surface area contributed by atoms with E-state index in [0.717, 1.165) is 6.42 Å². The van der Waals surface area contributed by atoms with Crippen molar-refractivity contribution in [3.63, 3.8) is 0 Å². The van der Waals surface area contributed by atoms with E-state index < -0.39 is 5.97 Å². The fraction of sp³-hybridized carbons (Fsp3) is 0.727. The Labute approximate surface area is 80.7 Å². The summed E-state index contributed by atoms with van der Waals surface area (Å²) >= 11 is 0. The normalized spacial score (nSPS) is 12.6. The van der Waals surface area contributed by atoms with Gasteiger partial charge in [0.2, 0.25) is 0 Å². The lowest BCUT2D eigenvalue weighted by molar-refractivity contribution is -0.132. The molecule has 0 spiro atoms. The van der Waals surface area contributed by atoms with Crippen LogP contribution in [0.2, 0.25) is 0 Å². The summed E-state index contributed by atoms with van der Waals surface area (Å²) in [7, 11) is 0. The number of allylic oxidation sites excluding steroid dienone is 1. The van der Waals surface area contributed by atoms with E-state index >= 15 is 0 Å². The van der Waals surface area contributed by atoms with E-state index in [1.54, 1.807) is 0 Å². The lowest BCUT2D eigenvalue weighted by Gasteiger charge is -2.06. The Morgan fingerprint density at radius 1 is 1.23 bits per heavy atom. The summed E-state index contributed by atoms with van der Waals surface area (Å²) in [6.07, 6.45) is 3.38. The Kier molecular flexibility index (Phi) is 5.44. The molecule has 0 saturated heterocycles. The number of carboxylic acid groups (broad SMARTS) is 1. The van der Waals surface area contributed by atoms with Crippen molar-refractivity contribution in [1.29, 1.82) is 0 Å². The van der Waals surface area contributed by atoms with Crippen molar-refractivity contribution in [2.24, 2.45) is 11.8 Å². The molecule has 0 fully saturated rings. The molecule has 0 rings (SSSR count). The molecule has 0 aliphatic heterocycles. The first-order valence-electron chi connectivity index (χ1n) is 4.85. The Balaban J connectivity index is 4.24. The summed E-state index contributed by atoms with van der Waals surface area (Å²) < 4.78 is 0. The van der Waals surface area contributed by atoms with E-state index in [-0.39, 0.29) is 0 Å². The fourth-order valence-corrected chi connectivity index (χ4v) is 1.08. The zero-order chi connectivity index (χ0) is 10.4. The van der Waals surface area contributed by atoms with E-state index in [4.69, 9.17) is 5.11 Å². The van der Waals surface area contributed by atoms with Gasteiger partial charge in [0.1, 0.15) is 0 Å². The van der Waals surface area contributed by atoms with Gasteiger partial charge in [-0.05, 0) is 24.7 Å². The smallest absolute Gasteiger partial charge is 0.331 e. The van der Waals surface area contributed by atoms with Crippen LogP contribution < -0.4 is 0 Å². The van der Waals surface area contributed by atoms with Crippen molar-refractivity contribution in [2.75, 3.05) is 0 Å². The van der Waals surface area contributed by atoms with Crippen LogP contribution in [0, 0.1) is 11.8 Å². The topological polar surface area (TPSA) is 37.3 Å². The standard InChI is InChI=1S/C11H20O2/c1-8(2)5-6-10(11(12)13)7-9(3)4/h6,8-9H,5,7H2,1-4H3,(H,12,13)/b10-6-. The molecule has 0 saturated carbocycles. The highest BCUT2D eigenvalue weighted by Gasteiger charge is 2.08. The summed E-state index contributed by atoms with van der Waals surface area (Å²) in [6, 6.07) is 0. The summed E-state index contributed by atoms with van der Waals surface area (Å²) in [4.78, 5) is 10.8. The predicted molar refractivity (Wildman–Crippen MR) is 54.6 cm³/mol. The first-order valence-corrected chi connectivity index (χ1v) is 4.85. The SMILES string of the molecule is CC(C)C/C=C(/CC(C)C)C(=O)O. The number of hydrogen-bond donors (Lipinski definition) is 1. The van der Waals surface area contributed by atoms with Gasteiger partial charge in [0.05, 0.1) is 0 Å². The molecule has 1 N–H and O–H groups in total. The maximum absolute atomic E-state index is 10.8. The number of carboxylic acids is 1. The number of rotatable bonds is 5. The minimum Gasteiger partial charge on any atom is -0.478 e. The third-order valence-corrected chi connectivity index (χ3v) is 1.74. The molecule has 76 valence electrons. The minimum atomic E-state index is -0.769. The largest absolute Gasteiger partial charge is 0.478 e. The molecule has 0 heterocycles. The first kappa shape index (κ1) is 12.2. The summed E-state index contributed by atoms with van der Waals surface area (Å²) in [5, 5.41) is 8.87. The zero-order valence-electron chi connectivity index (χ0n) is 9.00. The van der Waals surface area contributed by atoms with E-state index in [1.807, 2.05) is 19.9 Å². The molecule has 0 atom stereocenters. The third-order valence-electron chi connectivity index (χ3n) is 1.74. The number of hydrogen-bond acceptors (Lipinski definition) is 1. The monoisotopic (exact) mass is 184 g/mol. The van der Waals surface area contributed by atoms with Crippen LogP contribution in [-0.2, 0) is 4.79 Å². The Morgan fingerprint density at radius 3 is 2.08 bits per heavy atom. The highest BCUT2D eigenvalue weighted by Crippen LogP contribution is 2.13. The van der Waals surface area contributed by atoms with E-state index in [0.29, 0.717) is 23.8 Å². The third kappa shape index (κ3) is 6.38. The second-order valence-electron chi connectivity index (χ2n) is 4.26. The zero-order valence-corrected chi connectivity index (χ0v) is 9.00. The van der Waals surface area contributed by atoms with Gasteiger partial charge in [0, 0.05) is 5.57 Å². The van der Waals surface area contributed by atoms with Crippen LogP contribution in [0.15, 0.2) is 11.6 Å². The molecule has 2 nitrogen and oxygen atoms in total. The maximum atomic E-state index is 10.8. The molecule has 0 aromatic carbocycles. The average Bonchev–Trinajstić information content (AvgIpc) is 1.96. The molecule has 0 amide bonds. The van der Waals surface area contributed by atoms with Crippen molar-refractivity contribution in [1.82, 2.24) is 0 Å². The Morgan fingerprint density at radius 2 is 1.77 bits per heavy atom. The van der Waals surface area contributed by atoms with Crippen LogP contribution in [0.25, 0.3) is 0 Å². The lowest BCUT2D eigenvalue weighted by Crippen LogP contribution is -2.04.